The zero-order chi connectivity index (χ0) is 16.4. The summed E-state index contributed by atoms with van der Waals surface area (Å²) in [7, 11) is 0. The number of nitrogens with one attached hydrogen (secondary N) is 1. The van der Waals surface area contributed by atoms with Gasteiger partial charge in [-0.2, -0.15) is 0 Å². The number of benzene rings is 1. The summed E-state index contributed by atoms with van der Waals surface area (Å²) in [5, 5.41) is 2.93. The van der Waals surface area contributed by atoms with E-state index in [4.69, 9.17) is 5.73 Å². The van der Waals surface area contributed by atoms with E-state index in [9.17, 15) is 9.59 Å². The lowest BCUT2D eigenvalue weighted by atomic mass is 10.0. The number of carbonyl (C=O) groups is 1. The molecule has 3 N–H and O–H groups in total. The number of aryl methyl sites for hydroxylation is 1. The third-order valence-electron chi connectivity index (χ3n) is 4.40. The standard InChI is InChI=1S/C17H22N4O2/c1-12-5-7-13(8-6-12)21-16(22)10-15(19-21)17(23)20-9-3-2-4-14(20)11-18/h5-8,10,14,19H,2-4,9,11,18H2,1H3. The molecule has 0 bridgehead atoms. The Hall–Kier alpha value is -2.34. The highest BCUT2D eigenvalue weighted by molar-refractivity contribution is 5.92. The second kappa shape index (κ2) is 6.42. The fourth-order valence-electron chi connectivity index (χ4n) is 3.06. The molecule has 2 aromatic rings. The van der Waals surface area contributed by atoms with Crippen LogP contribution in [0.3, 0.4) is 0 Å². The molecule has 1 aliphatic rings. The van der Waals surface area contributed by atoms with Crippen molar-refractivity contribution in [3.8, 4) is 5.69 Å². The van der Waals surface area contributed by atoms with Crippen LogP contribution in [0.25, 0.3) is 5.69 Å². The Bertz CT molecular complexity index is 745. The van der Waals surface area contributed by atoms with Crippen molar-refractivity contribution in [2.24, 2.45) is 5.73 Å². The van der Waals surface area contributed by atoms with E-state index in [1.54, 1.807) is 4.90 Å². The highest BCUT2D eigenvalue weighted by Gasteiger charge is 2.27. The number of carbonyl (C=O) groups excluding carboxylic acids is 1. The number of aromatic amines is 1. The molecule has 122 valence electrons. The quantitative estimate of drug-likeness (QED) is 0.899. The number of rotatable bonds is 3. The van der Waals surface area contributed by atoms with Crippen LogP contribution in [0.2, 0.25) is 0 Å². The van der Waals surface area contributed by atoms with E-state index in [0.717, 1.165) is 24.8 Å². The normalized spacial score (nSPS) is 18.2. The van der Waals surface area contributed by atoms with Crippen LogP contribution >= 0.6 is 0 Å². The number of H-pyrrole nitrogens is 1. The Morgan fingerprint density at radius 2 is 2.04 bits per heavy atom. The molecule has 0 saturated carbocycles. The monoisotopic (exact) mass is 314 g/mol. The average molecular weight is 314 g/mol. The maximum atomic E-state index is 12.7. The van der Waals surface area contributed by atoms with Crippen LogP contribution in [-0.4, -0.2) is 39.7 Å². The second-order valence-electron chi connectivity index (χ2n) is 6.06. The van der Waals surface area contributed by atoms with Gasteiger partial charge in [-0.1, -0.05) is 17.7 Å². The van der Waals surface area contributed by atoms with E-state index >= 15 is 0 Å². The first-order valence-electron chi connectivity index (χ1n) is 8.00. The smallest absolute Gasteiger partial charge is 0.272 e. The van der Waals surface area contributed by atoms with E-state index in [0.29, 0.717) is 24.5 Å². The molecule has 0 radical (unpaired) electrons. The van der Waals surface area contributed by atoms with Gasteiger partial charge in [-0.05, 0) is 38.3 Å². The molecule has 1 atom stereocenters. The van der Waals surface area contributed by atoms with Crippen molar-refractivity contribution in [1.29, 1.82) is 0 Å². The summed E-state index contributed by atoms with van der Waals surface area (Å²) in [6, 6.07) is 8.99. The number of nitrogens with two attached hydrogens (primary N) is 1. The van der Waals surface area contributed by atoms with Crippen LogP contribution in [0.1, 0.15) is 35.3 Å². The summed E-state index contributed by atoms with van der Waals surface area (Å²) >= 11 is 0. The molecule has 3 rings (SSSR count). The summed E-state index contributed by atoms with van der Waals surface area (Å²) in [4.78, 5) is 26.7. The van der Waals surface area contributed by atoms with Crippen LogP contribution < -0.4 is 11.3 Å². The van der Waals surface area contributed by atoms with E-state index in [1.807, 2.05) is 31.2 Å². The number of hydrogen-bond donors (Lipinski definition) is 2. The molecule has 1 aromatic heterocycles. The summed E-state index contributed by atoms with van der Waals surface area (Å²) in [6.45, 7) is 3.13. The van der Waals surface area contributed by atoms with Crippen molar-refractivity contribution in [2.75, 3.05) is 13.1 Å². The Labute approximate surface area is 134 Å². The molecule has 1 fully saturated rings. The van der Waals surface area contributed by atoms with Crippen LogP contribution in [0, 0.1) is 6.92 Å². The van der Waals surface area contributed by atoms with Gasteiger partial charge >= 0.3 is 0 Å². The molecule has 0 aliphatic carbocycles. The molecule has 1 saturated heterocycles. The molecule has 2 heterocycles. The van der Waals surface area contributed by atoms with Gasteiger partial charge in [0.1, 0.15) is 5.69 Å². The second-order valence-corrected chi connectivity index (χ2v) is 6.06. The third-order valence-corrected chi connectivity index (χ3v) is 4.40. The highest BCUT2D eigenvalue weighted by atomic mass is 16.2. The van der Waals surface area contributed by atoms with Crippen molar-refractivity contribution in [1.82, 2.24) is 14.7 Å². The molecule has 1 amide bonds. The molecule has 1 aliphatic heterocycles. The first-order valence-corrected chi connectivity index (χ1v) is 8.00. The molecule has 23 heavy (non-hydrogen) atoms. The lowest BCUT2D eigenvalue weighted by Crippen LogP contribution is -2.47. The van der Waals surface area contributed by atoms with Gasteiger partial charge < -0.3 is 10.6 Å². The van der Waals surface area contributed by atoms with E-state index in [2.05, 4.69) is 5.10 Å². The average Bonchev–Trinajstić information content (AvgIpc) is 2.96. The molecular formula is C17H22N4O2. The van der Waals surface area contributed by atoms with Gasteiger partial charge in [-0.25, -0.2) is 4.68 Å². The molecule has 1 unspecified atom stereocenters. The predicted molar refractivity (Wildman–Crippen MR) is 88.9 cm³/mol. The van der Waals surface area contributed by atoms with Crippen molar-refractivity contribution in [3.63, 3.8) is 0 Å². The van der Waals surface area contributed by atoms with Gasteiger partial charge in [0, 0.05) is 25.2 Å². The lowest BCUT2D eigenvalue weighted by Gasteiger charge is -2.34. The van der Waals surface area contributed by atoms with Crippen molar-refractivity contribution < 1.29 is 4.79 Å². The fraction of sp³-hybridized carbons (Fsp3) is 0.412. The first-order chi connectivity index (χ1) is 11.1. The SMILES string of the molecule is Cc1ccc(-n2[nH]c(C(=O)N3CCCCC3CN)cc2=O)cc1. The molecule has 6 nitrogen and oxygen atoms in total. The molecule has 1 aromatic carbocycles. The first kappa shape index (κ1) is 15.6. The van der Waals surface area contributed by atoms with Crippen LogP contribution in [-0.2, 0) is 0 Å². The van der Waals surface area contributed by atoms with E-state index < -0.39 is 0 Å². The van der Waals surface area contributed by atoms with Crippen LogP contribution in [0.4, 0.5) is 0 Å². The molecule has 0 spiro atoms. The third kappa shape index (κ3) is 3.07. The number of aromatic nitrogens is 2. The minimum Gasteiger partial charge on any atom is -0.333 e. The summed E-state index contributed by atoms with van der Waals surface area (Å²) in [5.41, 5.74) is 7.69. The Morgan fingerprint density at radius 3 is 2.74 bits per heavy atom. The number of likely N-dealkylation sites (tertiary alicyclic amines) is 1. The van der Waals surface area contributed by atoms with E-state index in [-0.39, 0.29) is 17.5 Å². The van der Waals surface area contributed by atoms with Crippen molar-refractivity contribution in [2.45, 2.75) is 32.2 Å². The van der Waals surface area contributed by atoms with Gasteiger partial charge in [-0.15, -0.1) is 0 Å². The highest BCUT2D eigenvalue weighted by Crippen LogP contribution is 2.18. The van der Waals surface area contributed by atoms with Gasteiger partial charge in [0.15, 0.2) is 0 Å². The van der Waals surface area contributed by atoms with Crippen molar-refractivity contribution in [3.05, 3.63) is 51.9 Å². The number of piperidine rings is 1. The molecular weight excluding hydrogens is 292 g/mol. The topological polar surface area (TPSA) is 84.1 Å². The van der Waals surface area contributed by atoms with Gasteiger partial charge in [0.05, 0.1) is 5.69 Å². The largest absolute Gasteiger partial charge is 0.333 e. The maximum absolute atomic E-state index is 12.7. The predicted octanol–water partition coefficient (Wildman–Crippen LogP) is 1.43. The maximum Gasteiger partial charge on any atom is 0.272 e. The zero-order valence-corrected chi connectivity index (χ0v) is 13.3. The summed E-state index contributed by atoms with van der Waals surface area (Å²) in [5.74, 6) is -0.150. The minimum absolute atomic E-state index is 0.0578. The number of nitrogens with zero attached hydrogens (tertiary/aromatic N) is 2. The Balaban J connectivity index is 1.89. The van der Waals surface area contributed by atoms with Crippen molar-refractivity contribution >= 4 is 5.91 Å². The lowest BCUT2D eigenvalue weighted by molar-refractivity contribution is 0.0617. The van der Waals surface area contributed by atoms with Gasteiger partial charge in [0.2, 0.25) is 0 Å². The zero-order valence-electron chi connectivity index (χ0n) is 13.3. The van der Waals surface area contributed by atoms with Gasteiger partial charge in [-0.3, -0.25) is 14.7 Å². The van der Waals surface area contributed by atoms with E-state index in [1.165, 1.54) is 10.7 Å². The minimum atomic E-state index is -0.237. The summed E-state index contributed by atoms with van der Waals surface area (Å²) < 4.78 is 1.40. The van der Waals surface area contributed by atoms with Crippen LogP contribution in [0.5, 0.6) is 0 Å². The molecule has 6 heteroatoms. The number of hydrogen-bond acceptors (Lipinski definition) is 3. The van der Waals surface area contributed by atoms with Gasteiger partial charge in [0.25, 0.3) is 11.5 Å². The fourth-order valence-corrected chi connectivity index (χ4v) is 3.06. The number of amides is 1. The Morgan fingerprint density at radius 1 is 1.30 bits per heavy atom. The summed E-state index contributed by atoms with van der Waals surface area (Å²) in [6.07, 6.45) is 2.99. The Kier molecular flexibility index (Phi) is 4.34. The van der Waals surface area contributed by atoms with Crippen LogP contribution in [0.15, 0.2) is 35.1 Å².